The van der Waals surface area contributed by atoms with Crippen molar-refractivity contribution < 1.29 is 23.9 Å². The summed E-state index contributed by atoms with van der Waals surface area (Å²) in [5.41, 5.74) is 9.24. The molecule has 214 valence electrons. The Morgan fingerprint density at radius 3 is 2.41 bits per heavy atom. The molecule has 3 rings (SSSR count). The first-order valence-electron chi connectivity index (χ1n) is 13.5. The summed E-state index contributed by atoms with van der Waals surface area (Å²) in [6.45, 7) is 6.78. The van der Waals surface area contributed by atoms with Crippen molar-refractivity contribution in [3.8, 4) is 5.75 Å². The van der Waals surface area contributed by atoms with Crippen LogP contribution >= 0.6 is 0 Å². The van der Waals surface area contributed by atoms with E-state index in [-0.39, 0.29) is 11.9 Å². The standard InChI is InChI=1S/C18H28O3.C12H15N3O.CH2O/c1-4-5-13-21-18(19)14-15(2)7-6-8-16-9-11-17(20-3)12-10-16;1-14-12(16)10(13)6-8-7-15-11-5-3-2-4-9(8)11;1-2/h9-12,15H,4-8,13-14H2,1-3H3;2-5,7,10,15H,6,13H2,1H3,(H,14,16);1H2/t15-;10-;/m10./s1. The van der Waals surface area contributed by atoms with Crippen molar-refractivity contribution in [1.82, 2.24) is 10.3 Å². The molecule has 0 aliphatic heterocycles. The quantitative estimate of drug-likeness (QED) is 0.208. The van der Waals surface area contributed by atoms with Gasteiger partial charge in [-0.1, -0.05) is 50.6 Å². The van der Waals surface area contributed by atoms with E-state index in [9.17, 15) is 9.59 Å². The van der Waals surface area contributed by atoms with Gasteiger partial charge in [0.25, 0.3) is 0 Å². The number of hydrogen-bond acceptors (Lipinski definition) is 6. The van der Waals surface area contributed by atoms with E-state index in [4.69, 9.17) is 20.0 Å². The minimum atomic E-state index is -0.496. The summed E-state index contributed by atoms with van der Waals surface area (Å²) in [4.78, 5) is 34.1. The van der Waals surface area contributed by atoms with Crippen LogP contribution in [0.3, 0.4) is 0 Å². The van der Waals surface area contributed by atoms with Gasteiger partial charge in [-0.2, -0.15) is 0 Å². The number of likely N-dealkylation sites (N-methyl/N-ethyl adjacent to an activating group) is 1. The Labute approximate surface area is 232 Å². The molecular weight excluding hydrogens is 494 g/mol. The SMILES string of the molecule is C=O.CCCCOC(=O)C[C@H](C)CCCc1ccc(OC)cc1.CNC(=O)[C@@H](N)Cc1c[nH]c2ccccc12. The van der Waals surface area contributed by atoms with Crippen LogP contribution in [0, 0.1) is 5.92 Å². The van der Waals surface area contributed by atoms with Gasteiger partial charge in [-0.25, -0.2) is 0 Å². The summed E-state index contributed by atoms with van der Waals surface area (Å²) in [6, 6.07) is 15.7. The number of para-hydroxylation sites is 1. The minimum absolute atomic E-state index is 0.0552. The lowest BCUT2D eigenvalue weighted by atomic mass is 9.98. The van der Waals surface area contributed by atoms with E-state index in [1.165, 1.54) is 5.56 Å². The second-order valence-corrected chi connectivity index (χ2v) is 9.41. The van der Waals surface area contributed by atoms with Gasteiger partial charge in [-0.3, -0.25) is 9.59 Å². The molecule has 8 nitrogen and oxygen atoms in total. The molecule has 0 fully saturated rings. The zero-order valence-electron chi connectivity index (χ0n) is 23.8. The van der Waals surface area contributed by atoms with E-state index in [0.29, 0.717) is 25.4 Å². The van der Waals surface area contributed by atoms with E-state index < -0.39 is 6.04 Å². The fraction of sp³-hybridized carbons (Fsp3) is 0.452. The van der Waals surface area contributed by atoms with Gasteiger partial charge in [-0.05, 0) is 67.3 Å². The van der Waals surface area contributed by atoms with E-state index in [0.717, 1.165) is 54.3 Å². The number of unbranched alkanes of at least 4 members (excludes halogenated alkanes) is 1. The number of nitrogens with one attached hydrogen (secondary N) is 2. The monoisotopic (exact) mass is 539 g/mol. The zero-order valence-corrected chi connectivity index (χ0v) is 23.8. The van der Waals surface area contributed by atoms with Gasteiger partial charge in [-0.15, -0.1) is 0 Å². The summed E-state index contributed by atoms with van der Waals surface area (Å²) in [6.07, 6.45) is 8.19. The highest BCUT2D eigenvalue weighted by Crippen LogP contribution is 2.19. The molecule has 0 bridgehead atoms. The van der Waals surface area contributed by atoms with E-state index >= 15 is 0 Å². The molecule has 4 N–H and O–H groups in total. The van der Waals surface area contributed by atoms with E-state index in [1.54, 1.807) is 14.2 Å². The smallest absolute Gasteiger partial charge is 0.306 e. The number of nitrogens with two attached hydrogens (primary N) is 1. The number of carbonyl (C=O) groups excluding carboxylic acids is 3. The van der Waals surface area contributed by atoms with Crippen molar-refractivity contribution in [3.05, 3.63) is 65.9 Å². The van der Waals surface area contributed by atoms with Crippen LogP contribution in [0.15, 0.2) is 54.7 Å². The Hall–Kier alpha value is -3.65. The number of carbonyl (C=O) groups is 3. The first-order valence-corrected chi connectivity index (χ1v) is 13.5. The number of aromatic amines is 1. The maximum atomic E-state index is 11.6. The fourth-order valence-corrected chi connectivity index (χ4v) is 4.04. The zero-order chi connectivity index (χ0) is 29.0. The van der Waals surface area contributed by atoms with Crippen LogP contribution in [-0.4, -0.2) is 50.5 Å². The van der Waals surface area contributed by atoms with Crippen LogP contribution in [0.5, 0.6) is 5.75 Å². The topological polar surface area (TPSA) is 124 Å². The lowest BCUT2D eigenvalue weighted by Gasteiger charge is -2.11. The molecule has 8 heteroatoms. The van der Waals surface area contributed by atoms with Crippen LogP contribution in [0.2, 0.25) is 0 Å². The Bertz CT molecular complexity index is 1100. The summed E-state index contributed by atoms with van der Waals surface area (Å²) in [5.74, 6) is 1.09. The molecule has 0 radical (unpaired) electrons. The normalized spacial score (nSPS) is 11.7. The average molecular weight is 540 g/mol. The molecule has 0 saturated heterocycles. The highest BCUT2D eigenvalue weighted by Gasteiger charge is 2.14. The summed E-state index contributed by atoms with van der Waals surface area (Å²) >= 11 is 0. The molecule has 1 heterocycles. The van der Waals surface area contributed by atoms with Crippen molar-refractivity contribution in [2.75, 3.05) is 20.8 Å². The molecule has 39 heavy (non-hydrogen) atoms. The molecule has 1 amide bonds. The van der Waals surface area contributed by atoms with Crippen LogP contribution in [0.4, 0.5) is 0 Å². The number of aromatic nitrogens is 1. The lowest BCUT2D eigenvalue weighted by Crippen LogP contribution is -2.40. The molecule has 0 spiro atoms. The van der Waals surface area contributed by atoms with Gasteiger partial charge in [0.2, 0.25) is 5.91 Å². The number of methoxy groups -OCH3 is 1. The number of amides is 1. The second-order valence-electron chi connectivity index (χ2n) is 9.41. The van der Waals surface area contributed by atoms with Crippen LogP contribution in [-0.2, 0) is 32.0 Å². The maximum Gasteiger partial charge on any atom is 0.306 e. The second kappa shape index (κ2) is 19.4. The molecule has 3 aromatic rings. The molecule has 0 aliphatic carbocycles. The van der Waals surface area contributed by atoms with Crippen LogP contribution in [0.25, 0.3) is 10.9 Å². The molecular formula is C31H45N3O5. The Balaban J connectivity index is 0.000000377. The molecule has 0 unspecified atom stereocenters. The third-order valence-corrected chi connectivity index (χ3v) is 6.30. The molecule has 1 aromatic heterocycles. The van der Waals surface area contributed by atoms with Crippen molar-refractivity contribution in [2.45, 2.75) is 64.8 Å². The predicted molar refractivity (Wildman–Crippen MR) is 157 cm³/mol. The summed E-state index contributed by atoms with van der Waals surface area (Å²) in [5, 5.41) is 3.68. The molecule has 0 aliphatic rings. The number of ether oxygens (including phenoxy) is 2. The Kier molecular flexibility index (Phi) is 16.6. The lowest BCUT2D eigenvalue weighted by molar-refractivity contribution is -0.144. The third-order valence-electron chi connectivity index (χ3n) is 6.30. The molecule has 2 aromatic carbocycles. The largest absolute Gasteiger partial charge is 0.497 e. The predicted octanol–water partition coefficient (Wildman–Crippen LogP) is 4.99. The number of rotatable bonds is 13. The number of H-pyrrole nitrogens is 1. The first-order chi connectivity index (χ1) is 18.9. The number of fused-ring (bicyclic) bond motifs is 1. The molecule has 0 saturated carbocycles. The van der Waals surface area contributed by atoms with Crippen LogP contribution < -0.4 is 15.8 Å². The minimum Gasteiger partial charge on any atom is -0.497 e. The highest BCUT2D eigenvalue weighted by molar-refractivity contribution is 5.85. The number of hydrogen-bond donors (Lipinski definition) is 3. The first kappa shape index (κ1) is 33.4. The Morgan fingerprint density at radius 1 is 1.08 bits per heavy atom. The average Bonchev–Trinajstić information content (AvgIpc) is 3.37. The highest BCUT2D eigenvalue weighted by atomic mass is 16.5. The van der Waals surface area contributed by atoms with Crippen molar-refractivity contribution >= 4 is 29.6 Å². The van der Waals surface area contributed by atoms with E-state index in [2.05, 4.69) is 36.3 Å². The van der Waals surface area contributed by atoms with E-state index in [1.807, 2.05) is 49.4 Å². The van der Waals surface area contributed by atoms with Gasteiger partial charge in [0.15, 0.2) is 0 Å². The Morgan fingerprint density at radius 2 is 1.77 bits per heavy atom. The number of aryl methyl sites for hydroxylation is 1. The third kappa shape index (κ3) is 12.6. The number of esters is 1. The van der Waals surface area contributed by atoms with Crippen molar-refractivity contribution in [2.24, 2.45) is 11.7 Å². The van der Waals surface area contributed by atoms with Gasteiger partial charge in [0, 0.05) is 30.6 Å². The van der Waals surface area contributed by atoms with Crippen LogP contribution in [0.1, 0.15) is 57.1 Å². The fourth-order valence-electron chi connectivity index (χ4n) is 4.04. The summed E-state index contributed by atoms with van der Waals surface area (Å²) < 4.78 is 10.3. The van der Waals surface area contributed by atoms with Crippen molar-refractivity contribution in [3.63, 3.8) is 0 Å². The van der Waals surface area contributed by atoms with Gasteiger partial charge in [0.1, 0.15) is 12.5 Å². The summed E-state index contributed by atoms with van der Waals surface area (Å²) in [7, 11) is 3.27. The van der Waals surface area contributed by atoms with Gasteiger partial charge in [0.05, 0.1) is 19.8 Å². The maximum absolute atomic E-state index is 11.6. The molecule has 2 atom stereocenters. The van der Waals surface area contributed by atoms with Crippen molar-refractivity contribution in [1.29, 1.82) is 0 Å². The number of benzene rings is 2. The van der Waals surface area contributed by atoms with Gasteiger partial charge < -0.3 is 30.3 Å². The van der Waals surface area contributed by atoms with Gasteiger partial charge >= 0.3 is 5.97 Å².